The third-order valence-electron chi connectivity index (χ3n) is 3.35. The Bertz CT molecular complexity index is 810. The molecule has 0 spiro atoms. The zero-order chi connectivity index (χ0) is 16.1. The molecule has 0 N–H and O–H groups in total. The van der Waals surface area contributed by atoms with Crippen LogP contribution >= 0.6 is 0 Å². The highest BCUT2D eigenvalue weighted by Gasteiger charge is 2.14. The van der Waals surface area contributed by atoms with E-state index in [0.29, 0.717) is 11.4 Å². The van der Waals surface area contributed by atoms with Crippen LogP contribution in [0.25, 0.3) is 22.5 Å². The van der Waals surface area contributed by atoms with Gasteiger partial charge in [-0.15, -0.1) is 0 Å². The van der Waals surface area contributed by atoms with Gasteiger partial charge in [0.05, 0.1) is 17.5 Å². The van der Waals surface area contributed by atoms with E-state index >= 15 is 0 Å². The fraction of sp³-hybridized carbons (Fsp3) is 0.0526. The fourth-order valence-corrected chi connectivity index (χ4v) is 2.24. The monoisotopic (exact) mass is 299 g/mol. The Morgan fingerprint density at radius 1 is 0.870 bits per heavy atom. The van der Waals surface area contributed by atoms with Crippen LogP contribution in [-0.2, 0) is 0 Å². The highest BCUT2D eigenvalue weighted by molar-refractivity contribution is 5.95. The second-order valence-corrected chi connectivity index (χ2v) is 4.95. The highest BCUT2D eigenvalue weighted by atomic mass is 16.1. The van der Waals surface area contributed by atoms with Crippen molar-refractivity contribution in [1.29, 1.82) is 5.26 Å². The summed E-state index contributed by atoms with van der Waals surface area (Å²) >= 11 is 0. The zero-order valence-corrected chi connectivity index (χ0v) is 12.3. The molecule has 1 aromatic heterocycles. The van der Waals surface area contributed by atoms with Gasteiger partial charge in [-0.05, 0) is 6.07 Å². The Hall–Kier alpha value is -3.32. The summed E-state index contributed by atoms with van der Waals surface area (Å²) in [4.78, 5) is 20.7. The van der Waals surface area contributed by atoms with E-state index in [1.165, 1.54) is 0 Å². The van der Waals surface area contributed by atoms with Crippen molar-refractivity contribution in [2.24, 2.45) is 0 Å². The summed E-state index contributed by atoms with van der Waals surface area (Å²) in [7, 11) is 0. The predicted molar refractivity (Wildman–Crippen MR) is 87.5 cm³/mol. The molecule has 0 bridgehead atoms. The van der Waals surface area contributed by atoms with Crippen LogP contribution in [-0.4, -0.2) is 15.8 Å². The summed E-state index contributed by atoms with van der Waals surface area (Å²) in [5, 5.41) is 8.74. The summed E-state index contributed by atoms with van der Waals surface area (Å²) < 4.78 is 0. The number of benzene rings is 2. The summed E-state index contributed by atoms with van der Waals surface area (Å²) in [5.41, 5.74) is 3.14. The maximum atomic E-state index is 12.1. The van der Waals surface area contributed by atoms with Crippen LogP contribution in [0, 0.1) is 11.3 Å². The van der Waals surface area contributed by atoms with Gasteiger partial charge in [0.15, 0.2) is 5.82 Å². The van der Waals surface area contributed by atoms with Gasteiger partial charge in [-0.2, -0.15) is 5.26 Å². The fourth-order valence-electron chi connectivity index (χ4n) is 2.24. The Morgan fingerprint density at radius 2 is 1.35 bits per heavy atom. The zero-order valence-electron chi connectivity index (χ0n) is 12.3. The van der Waals surface area contributed by atoms with E-state index in [2.05, 4.69) is 9.97 Å². The molecular formula is C19H13N3O. The maximum absolute atomic E-state index is 12.1. The molecule has 23 heavy (non-hydrogen) atoms. The molecule has 0 amide bonds. The lowest BCUT2D eigenvalue weighted by Gasteiger charge is -2.07. The van der Waals surface area contributed by atoms with Gasteiger partial charge in [0.1, 0.15) is 6.42 Å². The van der Waals surface area contributed by atoms with Crippen LogP contribution in [0.3, 0.4) is 0 Å². The molecule has 0 aliphatic carbocycles. The van der Waals surface area contributed by atoms with Crippen molar-refractivity contribution in [3.05, 3.63) is 72.6 Å². The Labute approximate surface area is 134 Å². The molecule has 110 valence electrons. The number of hydrogen-bond acceptors (Lipinski definition) is 4. The average Bonchev–Trinajstić information content (AvgIpc) is 2.63. The Balaban J connectivity index is 2.15. The highest BCUT2D eigenvalue weighted by Crippen LogP contribution is 2.23. The van der Waals surface area contributed by atoms with Crippen LogP contribution in [0.4, 0.5) is 0 Å². The molecule has 0 aliphatic rings. The summed E-state index contributed by atoms with van der Waals surface area (Å²) in [5.74, 6) is -0.297. The quantitative estimate of drug-likeness (QED) is 0.685. The molecule has 0 unspecified atom stereocenters. The molecule has 3 rings (SSSR count). The van der Waals surface area contributed by atoms with Crippen molar-refractivity contribution >= 4 is 5.78 Å². The minimum atomic E-state index is -0.373. The van der Waals surface area contributed by atoms with E-state index in [-0.39, 0.29) is 18.0 Å². The average molecular weight is 299 g/mol. The van der Waals surface area contributed by atoms with Crippen molar-refractivity contribution in [2.45, 2.75) is 6.42 Å². The lowest BCUT2D eigenvalue weighted by atomic mass is 10.1. The molecule has 0 aliphatic heterocycles. The molecule has 0 atom stereocenters. The van der Waals surface area contributed by atoms with E-state index in [1.54, 1.807) is 0 Å². The van der Waals surface area contributed by atoms with Crippen LogP contribution < -0.4 is 0 Å². The van der Waals surface area contributed by atoms with Crippen LogP contribution in [0.2, 0.25) is 0 Å². The number of nitrogens with zero attached hydrogens (tertiary/aromatic N) is 3. The number of carbonyl (C=O) groups is 1. The van der Waals surface area contributed by atoms with E-state index in [9.17, 15) is 4.79 Å². The van der Waals surface area contributed by atoms with Gasteiger partial charge < -0.3 is 0 Å². The number of nitriles is 1. The smallest absolute Gasteiger partial charge is 0.214 e. The number of hydrogen-bond donors (Lipinski definition) is 0. The van der Waals surface area contributed by atoms with Crippen molar-refractivity contribution in [2.75, 3.05) is 0 Å². The van der Waals surface area contributed by atoms with Crippen LogP contribution in [0.5, 0.6) is 0 Å². The molecule has 0 radical (unpaired) electrons. The molecule has 4 nitrogen and oxygen atoms in total. The number of Topliss-reactive ketones (excluding diaryl/α,β-unsaturated/α-hetero) is 1. The number of aromatic nitrogens is 2. The minimum absolute atomic E-state index is 0.0757. The van der Waals surface area contributed by atoms with Crippen LogP contribution in [0.15, 0.2) is 66.7 Å². The van der Waals surface area contributed by atoms with Crippen molar-refractivity contribution in [1.82, 2.24) is 9.97 Å². The first-order valence-corrected chi connectivity index (χ1v) is 7.18. The first-order valence-electron chi connectivity index (χ1n) is 7.18. The molecule has 0 saturated carbocycles. The normalized spacial score (nSPS) is 10.0. The SMILES string of the molecule is N#CCC(=O)c1nc(-c2ccccc2)cc(-c2ccccc2)n1. The predicted octanol–water partition coefficient (Wildman–Crippen LogP) is 3.91. The number of carbonyl (C=O) groups excluding carboxylic acids is 1. The molecular weight excluding hydrogens is 286 g/mol. The van der Waals surface area contributed by atoms with Gasteiger partial charge in [-0.1, -0.05) is 60.7 Å². The van der Waals surface area contributed by atoms with Gasteiger partial charge >= 0.3 is 0 Å². The van der Waals surface area contributed by atoms with E-state index in [0.717, 1.165) is 11.1 Å². The largest absolute Gasteiger partial charge is 0.289 e. The van der Waals surface area contributed by atoms with Crippen molar-refractivity contribution in [3.8, 4) is 28.6 Å². The first kappa shape index (κ1) is 14.6. The number of rotatable bonds is 4. The lowest BCUT2D eigenvalue weighted by molar-refractivity contribution is 0.0988. The van der Waals surface area contributed by atoms with Crippen LogP contribution in [0.1, 0.15) is 17.0 Å². The Kier molecular flexibility index (Phi) is 4.21. The summed E-state index contributed by atoms with van der Waals surface area (Å²) in [6, 6.07) is 22.9. The van der Waals surface area contributed by atoms with Crippen molar-refractivity contribution in [3.63, 3.8) is 0 Å². The maximum Gasteiger partial charge on any atom is 0.214 e. The van der Waals surface area contributed by atoms with Gasteiger partial charge in [-0.3, -0.25) is 4.79 Å². The summed E-state index contributed by atoms with van der Waals surface area (Å²) in [6.45, 7) is 0. The minimum Gasteiger partial charge on any atom is -0.289 e. The standard InChI is InChI=1S/C19H13N3O/c20-12-11-18(23)19-21-16(14-7-3-1-4-8-14)13-17(22-19)15-9-5-2-6-10-15/h1-10,13H,11H2. The second-order valence-electron chi connectivity index (χ2n) is 4.95. The number of ketones is 1. The second kappa shape index (κ2) is 6.63. The molecule has 2 aromatic carbocycles. The molecule has 1 heterocycles. The van der Waals surface area contributed by atoms with E-state index in [1.807, 2.05) is 72.8 Å². The third-order valence-corrected chi connectivity index (χ3v) is 3.35. The Morgan fingerprint density at radius 3 is 1.78 bits per heavy atom. The molecule has 0 fully saturated rings. The van der Waals surface area contributed by atoms with Gasteiger partial charge in [-0.25, -0.2) is 9.97 Å². The van der Waals surface area contributed by atoms with E-state index < -0.39 is 0 Å². The lowest BCUT2D eigenvalue weighted by Crippen LogP contribution is -2.06. The first-order chi connectivity index (χ1) is 11.3. The van der Waals surface area contributed by atoms with E-state index in [4.69, 9.17) is 5.26 Å². The van der Waals surface area contributed by atoms with Crippen molar-refractivity contribution < 1.29 is 4.79 Å². The summed E-state index contributed by atoms with van der Waals surface area (Å²) in [6.07, 6.45) is -0.230. The molecule has 3 aromatic rings. The van der Waals surface area contributed by atoms with Gasteiger partial charge in [0, 0.05) is 11.1 Å². The van der Waals surface area contributed by atoms with Gasteiger partial charge in [0.2, 0.25) is 5.78 Å². The third kappa shape index (κ3) is 3.30. The topological polar surface area (TPSA) is 66.6 Å². The van der Waals surface area contributed by atoms with Gasteiger partial charge in [0.25, 0.3) is 0 Å². The molecule has 0 saturated heterocycles. The molecule has 4 heteroatoms.